The summed E-state index contributed by atoms with van der Waals surface area (Å²) in [4.78, 5) is 5.23. The van der Waals surface area contributed by atoms with Gasteiger partial charge in [-0.3, -0.25) is 4.90 Å². The highest BCUT2D eigenvalue weighted by Crippen LogP contribution is 2.10. The number of nitrogens with zero attached hydrogens (tertiary/aromatic N) is 2. The van der Waals surface area contributed by atoms with Crippen LogP contribution in [0.1, 0.15) is 30.4 Å². The molecule has 0 aliphatic carbocycles. The average Bonchev–Trinajstić information content (AvgIpc) is 2.65. The van der Waals surface area contributed by atoms with E-state index >= 15 is 0 Å². The van der Waals surface area contributed by atoms with Crippen molar-refractivity contribution in [2.45, 2.75) is 32.2 Å². The van der Waals surface area contributed by atoms with Crippen LogP contribution in [0.25, 0.3) is 0 Å². The second kappa shape index (κ2) is 9.61. The lowest BCUT2D eigenvalue weighted by Crippen LogP contribution is -2.46. The minimum Gasteiger partial charge on any atom is -0.301 e. The summed E-state index contributed by atoms with van der Waals surface area (Å²) in [5.41, 5.74) is 2.92. The Morgan fingerprint density at radius 3 is 1.83 bits per heavy atom. The smallest absolute Gasteiger partial charge is 0.0234 e. The fourth-order valence-electron chi connectivity index (χ4n) is 3.50. The summed E-state index contributed by atoms with van der Waals surface area (Å²) < 4.78 is 0. The normalized spacial score (nSPS) is 16.3. The molecule has 1 saturated heterocycles. The molecule has 2 aromatic carbocycles. The molecule has 0 saturated carbocycles. The lowest BCUT2D eigenvalue weighted by Gasteiger charge is -2.34. The summed E-state index contributed by atoms with van der Waals surface area (Å²) in [5.74, 6) is 0. The first-order valence-corrected chi connectivity index (χ1v) is 9.43. The van der Waals surface area contributed by atoms with E-state index in [0.717, 1.165) is 6.54 Å². The van der Waals surface area contributed by atoms with Gasteiger partial charge >= 0.3 is 0 Å². The lowest BCUT2D eigenvalue weighted by atomic mass is 10.1. The zero-order valence-corrected chi connectivity index (χ0v) is 14.7. The van der Waals surface area contributed by atoms with E-state index in [2.05, 4.69) is 70.5 Å². The molecular formula is C22H30N2. The third-order valence-electron chi connectivity index (χ3n) is 5.00. The first-order valence-electron chi connectivity index (χ1n) is 9.43. The molecule has 0 bridgehead atoms. The van der Waals surface area contributed by atoms with Gasteiger partial charge in [0.1, 0.15) is 0 Å². The van der Waals surface area contributed by atoms with Crippen LogP contribution in [-0.4, -0.2) is 42.5 Å². The number of hydrogen-bond donors (Lipinski definition) is 0. The molecule has 0 amide bonds. The topological polar surface area (TPSA) is 6.48 Å². The molecule has 0 unspecified atom stereocenters. The molecule has 1 heterocycles. The van der Waals surface area contributed by atoms with Gasteiger partial charge < -0.3 is 4.90 Å². The predicted octanol–water partition coefficient (Wildman–Crippen LogP) is 4.22. The molecule has 1 aliphatic heterocycles. The fourth-order valence-corrected chi connectivity index (χ4v) is 3.50. The largest absolute Gasteiger partial charge is 0.301 e. The van der Waals surface area contributed by atoms with Crippen molar-refractivity contribution in [3.05, 3.63) is 71.8 Å². The highest BCUT2D eigenvalue weighted by molar-refractivity contribution is 5.15. The number of rotatable bonds is 8. The summed E-state index contributed by atoms with van der Waals surface area (Å²) in [5, 5.41) is 0. The third kappa shape index (κ3) is 5.77. The molecule has 0 N–H and O–H groups in total. The van der Waals surface area contributed by atoms with Gasteiger partial charge in [0, 0.05) is 32.7 Å². The average molecular weight is 322 g/mol. The van der Waals surface area contributed by atoms with Gasteiger partial charge in [-0.05, 0) is 36.9 Å². The number of unbranched alkanes of at least 4 members (excludes halogenated alkanes) is 2. The maximum Gasteiger partial charge on any atom is 0.0234 e. The van der Waals surface area contributed by atoms with E-state index in [1.165, 1.54) is 69.5 Å². The number of hydrogen-bond acceptors (Lipinski definition) is 2. The Morgan fingerprint density at radius 1 is 0.583 bits per heavy atom. The van der Waals surface area contributed by atoms with Gasteiger partial charge in [0.15, 0.2) is 0 Å². The highest BCUT2D eigenvalue weighted by Gasteiger charge is 2.16. The summed E-state index contributed by atoms with van der Waals surface area (Å²) in [7, 11) is 0. The van der Waals surface area contributed by atoms with Crippen LogP contribution in [0.15, 0.2) is 60.7 Å². The molecule has 128 valence electrons. The van der Waals surface area contributed by atoms with E-state index in [9.17, 15) is 0 Å². The van der Waals surface area contributed by atoms with Crippen LogP contribution in [0, 0.1) is 0 Å². The Morgan fingerprint density at radius 2 is 1.17 bits per heavy atom. The number of piperazine rings is 1. The lowest BCUT2D eigenvalue weighted by molar-refractivity contribution is 0.125. The first kappa shape index (κ1) is 17.2. The predicted molar refractivity (Wildman–Crippen MR) is 102 cm³/mol. The van der Waals surface area contributed by atoms with Crippen LogP contribution in [0.5, 0.6) is 0 Å². The van der Waals surface area contributed by atoms with E-state index in [1.807, 2.05) is 0 Å². The van der Waals surface area contributed by atoms with Crippen LogP contribution in [0.2, 0.25) is 0 Å². The molecule has 1 aliphatic rings. The standard InChI is InChI=1S/C22H30N2/c1-4-10-21(11-5-1)12-8-3-9-15-23-16-18-24(19-17-23)20-22-13-6-2-7-14-22/h1-2,4-7,10-11,13-14H,3,8-9,12,15-20H2. The van der Waals surface area contributed by atoms with Crippen LogP contribution < -0.4 is 0 Å². The molecule has 2 aromatic rings. The third-order valence-corrected chi connectivity index (χ3v) is 5.00. The van der Waals surface area contributed by atoms with Gasteiger partial charge in [0.05, 0.1) is 0 Å². The Labute approximate surface area is 147 Å². The Bertz CT molecular complexity index is 559. The first-order chi connectivity index (χ1) is 11.9. The second-order valence-corrected chi connectivity index (χ2v) is 6.90. The maximum absolute atomic E-state index is 2.64. The van der Waals surface area contributed by atoms with E-state index in [4.69, 9.17) is 0 Å². The Balaban J connectivity index is 1.26. The van der Waals surface area contributed by atoms with Crippen LogP contribution in [-0.2, 0) is 13.0 Å². The maximum atomic E-state index is 2.64. The second-order valence-electron chi connectivity index (χ2n) is 6.90. The zero-order chi connectivity index (χ0) is 16.5. The van der Waals surface area contributed by atoms with E-state index < -0.39 is 0 Å². The summed E-state index contributed by atoms with van der Waals surface area (Å²) in [6.07, 6.45) is 5.23. The number of benzene rings is 2. The summed E-state index contributed by atoms with van der Waals surface area (Å²) in [6.45, 7) is 7.24. The van der Waals surface area contributed by atoms with Gasteiger partial charge in [-0.15, -0.1) is 0 Å². The van der Waals surface area contributed by atoms with Crippen LogP contribution in [0.3, 0.4) is 0 Å². The zero-order valence-electron chi connectivity index (χ0n) is 14.7. The van der Waals surface area contributed by atoms with Gasteiger partial charge in [0.2, 0.25) is 0 Å². The molecule has 2 nitrogen and oxygen atoms in total. The van der Waals surface area contributed by atoms with Crippen molar-refractivity contribution in [1.82, 2.24) is 9.80 Å². The molecule has 2 heteroatoms. The monoisotopic (exact) mass is 322 g/mol. The quantitative estimate of drug-likeness (QED) is 0.672. The molecule has 24 heavy (non-hydrogen) atoms. The molecule has 0 spiro atoms. The highest BCUT2D eigenvalue weighted by atomic mass is 15.3. The van der Waals surface area contributed by atoms with Crippen molar-refractivity contribution >= 4 is 0 Å². The van der Waals surface area contributed by atoms with Crippen LogP contribution >= 0.6 is 0 Å². The van der Waals surface area contributed by atoms with Crippen molar-refractivity contribution in [3.63, 3.8) is 0 Å². The molecule has 3 rings (SSSR count). The summed E-state index contributed by atoms with van der Waals surface area (Å²) in [6, 6.07) is 21.7. The van der Waals surface area contributed by atoms with Gasteiger partial charge in [0.25, 0.3) is 0 Å². The number of aryl methyl sites for hydroxylation is 1. The van der Waals surface area contributed by atoms with Crippen molar-refractivity contribution in [3.8, 4) is 0 Å². The van der Waals surface area contributed by atoms with Gasteiger partial charge in [-0.25, -0.2) is 0 Å². The minimum absolute atomic E-state index is 1.10. The van der Waals surface area contributed by atoms with Crippen molar-refractivity contribution < 1.29 is 0 Å². The summed E-state index contributed by atoms with van der Waals surface area (Å²) >= 11 is 0. The van der Waals surface area contributed by atoms with Crippen molar-refractivity contribution in [2.24, 2.45) is 0 Å². The van der Waals surface area contributed by atoms with Crippen molar-refractivity contribution in [2.75, 3.05) is 32.7 Å². The van der Waals surface area contributed by atoms with Gasteiger partial charge in [-0.1, -0.05) is 67.1 Å². The fraction of sp³-hybridized carbons (Fsp3) is 0.455. The molecule has 0 atom stereocenters. The Hall–Kier alpha value is -1.64. The van der Waals surface area contributed by atoms with E-state index in [1.54, 1.807) is 0 Å². The molecule has 0 aromatic heterocycles. The SMILES string of the molecule is c1ccc(CCCCCN2CCN(Cc3ccccc3)CC2)cc1. The Kier molecular flexibility index (Phi) is 6.88. The molecule has 1 fully saturated rings. The van der Waals surface area contributed by atoms with E-state index in [-0.39, 0.29) is 0 Å². The van der Waals surface area contributed by atoms with Gasteiger partial charge in [-0.2, -0.15) is 0 Å². The molecule has 0 radical (unpaired) electrons. The molecular weight excluding hydrogens is 292 g/mol. The van der Waals surface area contributed by atoms with E-state index in [0.29, 0.717) is 0 Å². The van der Waals surface area contributed by atoms with Crippen LogP contribution in [0.4, 0.5) is 0 Å². The van der Waals surface area contributed by atoms with Crippen molar-refractivity contribution in [1.29, 1.82) is 0 Å². The minimum atomic E-state index is 1.10.